The molecule has 3 unspecified atom stereocenters. The normalized spacial score (nSPS) is 26.0. The van der Waals surface area contributed by atoms with Gasteiger partial charge in [0.2, 0.25) is 0 Å². The van der Waals surface area contributed by atoms with Gasteiger partial charge >= 0.3 is 0 Å². The highest BCUT2D eigenvalue weighted by molar-refractivity contribution is 6.37. The zero-order chi connectivity index (χ0) is 13.8. The van der Waals surface area contributed by atoms with E-state index < -0.39 is 0 Å². The van der Waals surface area contributed by atoms with E-state index in [9.17, 15) is 0 Å². The number of methoxy groups -OCH3 is 1. The summed E-state index contributed by atoms with van der Waals surface area (Å²) >= 11 is 12.2. The van der Waals surface area contributed by atoms with Gasteiger partial charge in [-0.15, -0.1) is 0 Å². The molecule has 106 valence electrons. The van der Waals surface area contributed by atoms with E-state index in [0.717, 1.165) is 19.4 Å². The summed E-state index contributed by atoms with van der Waals surface area (Å²) in [5.41, 5.74) is 0. The van der Waals surface area contributed by atoms with Crippen LogP contribution in [0.5, 0.6) is 5.75 Å². The molecular weight excluding hydrogens is 285 g/mol. The molecule has 1 fully saturated rings. The minimum Gasteiger partial charge on any atom is -0.484 e. The molecule has 0 bridgehead atoms. The van der Waals surface area contributed by atoms with Crippen molar-refractivity contribution in [1.82, 2.24) is 5.32 Å². The van der Waals surface area contributed by atoms with Crippen molar-refractivity contribution in [3.63, 3.8) is 0 Å². The van der Waals surface area contributed by atoms with Crippen LogP contribution in [0.15, 0.2) is 18.2 Å². The summed E-state index contributed by atoms with van der Waals surface area (Å²) in [5, 5.41) is 4.51. The lowest BCUT2D eigenvalue weighted by Crippen LogP contribution is -2.61. The van der Waals surface area contributed by atoms with Crippen molar-refractivity contribution in [2.75, 3.05) is 13.7 Å². The molecule has 3 nitrogen and oxygen atoms in total. The number of ether oxygens (including phenoxy) is 2. The number of benzene rings is 1. The summed E-state index contributed by atoms with van der Waals surface area (Å²) in [6, 6.07) is 5.69. The molecule has 0 spiro atoms. The van der Waals surface area contributed by atoms with Crippen LogP contribution in [-0.4, -0.2) is 31.9 Å². The Bertz CT molecular complexity index is 408. The summed E-state index contributed by atoms with van der Waals surface area (Å²) in [7, 11) is 1.70. The fraction of sp³-hybridized carbons (Fsp3) is 0.571. The Hall–Kier alpha value is -0.480. The SMILES string of the molecule is CCCNC1CC(Oc2c(Cl)cccc2Cl)C1OC. The molecule has 3 atom stereocenters. The summed E-state index contributed by atoms with van der Waals surface area (Å²) < 4.78 is 11.4. The summed E-state index contributed by atoms with van der Waals surface area (Å²) in [6.07, 6.45) is 2.05. The zero-order valence-electron chi connectivity index (χ0n) is 11.2. The lowest BCUT2D eigenvalue weighted by molar-refractivity contribution is -0.0886. The number of rotatable bonds is 6. The second-order valence-electron chi connectivity index (χ2n) is 4.70. The van der Waals surface area contributed by atoms with Crippen molar-refractivity contribution in [2.45, 2.75) is 38.0 Å². The monoisotopic (exact) mass is 303 g/mol. The standard InChI is InChI=1S/C14H19Cl2NO2/c1-3-7-17-11-8-12(14(11)18-2)19-13-9(15)5-4-6-10(13)16/h4-6,11-12,14,17H,3,7-8H2,1-2H3. The molecule has 0 radical (unpaired) electrons. The molecule has 1 saturated carbocycles. The Kier molecular flexibility index (Phi) is 5.34. The van der Waals surface area contributed by atoms with E-state index in [1.807, 2.05) is 0 Å². The van der Waals surface area contributed by atoms with Crippen molar-refractivity contribution in [3.8, 4) is 5.75 Å². The van der Waals surface area contributed by atoms with E-state index in [1.165, 1.54) is 0 Å². The Morgan fingerprint density at radius 2 is 2.00 bits per heavy atom. The average molecular weight is 304 g/mol. The third-order valence-electron chi connectivity index (χ3n) is 3.37. The first-order chi connectivity index (χ1) is 9.17. The predicted octanol–water partition coefficient (Wildman–Crippen LogP) is 3.53. The van der Waals surface area contributed by atoms with Crippen LogP contribution in [0.3, 0.4) is 0 Å². The topological polar surface area (TPSA) is 30.5 Å². The average Bonchev–Trinajstić information content (AvgIpc) is 2.36. The third kappa shape index (κ3) is 3.34. The van der Waals surface area contributed by atoms with E-state index in [0.29, 0.717) is 21.8 Å². The third-order valence-corrected chi connectivity index (χ3v) is 3.96. The van der Waals surface area contributed by atoms with Crippen LogP contribution in [0.4, 0.5) is 0 Å². The fourth-order valence-corrected chi connectivity index (χ4v) is 2.78. The first-order valence-electron chi connectivity index (χ1n) is 6.54. The van der Waals surface area contributed by atoms with Crippen molar-refractivity contribution in [2.24, 2.45) is 0 Å². The fourth-order valence-electron chi connectivity index (χ4n) is 2.29. The van der Waals surface area contributed by atoms with Gasteiger partial charge in [-0.1, -0.05) is 36.2 Å². The second kappa shape index (κ2) is 6.80. The minimum atomic E-state index is -0.00300. The van der Waals surface area contributed by atoms with Gasteiger partial charge in [-0.3, -0.25) is 0 Å². The molecule has 2 rings (SSSR count). The van der Waals surface area contributed by atoms with E-state index in [2.05, 4.69) is 12.2 Å². The maximum atomic E-state index is 6.10. The van der Waals surface area contributed by atoms with Gasteiger partial charge in [0.05, 0.1) is 10.0 Å². The van der Waals surface area contributed by atoms with Crippen LogP contribution in [-0.2, 0) is 4.74 Å². The molecule has 0 aromatic heterocycles. The molecule has 1 aliphatic carbocycles. The smallest absolute Gasteiger partial charge is 0.157 e. The molecule has 1 aliphatic rings. The summed E-state index contributed by atoms with van der Waals surface area (Å²) in [5.74, 6) is 0.548. The molecule has 1 aromatic carbocycles. The highest BCUT2D eigenvalue weighted by atomic mass is 35.5. The van der Waals surface area contributed by atoms with Crippen LogP contribution in [0.25, 0.3) is 0 Å². The Labute approximate surface area is 124 Å². The minimum absolute atomic E-state index is 0.00300. The van der Waals surface area contributed by atoms with E-state index in [1.54, 1.807) is 25.3 Å². The lowest BCUT2D eigenvalue weighted by Gasteiger charge is -2.43. The number of nitrogens with one attached hydrogen (secondary N) is 1. The maximum absolute atomic E-state index is 6.10. The molecule has 5 heteroatoms. The number of para-hydroxylation sites is 1. The predicted molar refractivity (Wildman–Crippen MR) is 78.4 cm³/mol. The van der Waals surface area contributed by atoms with E-state index in [-0.39, 0.29) is 12.2 Å². The molecule has 0 aliphatic heterocycles. The van der Waals surface area contributed by atoms with Gasteiger partial charge in [0.1, 0.15) is 12.2 Å². The number of hydrogen-bond acceptors (Lipinski definition) is 3. The van der Waals surface area contributed by atoms with Gasteiger partial charge in [-0.25, -0.2) is 0 Å². The van der Waals surface area contributed by atoms with Crippen molar-refractivity contribution in [3.05, 3.63) is 28.2 Å². The molecule has 19 heavy (non-hydrogen) atoms. The highest BCUT2D eigenvalue weighted by Gasteiger charge is 2.43. The van der Waals surface area contributed by atoms with Crippen LogP contribution < -0.4 is 10.1 Å². The summed E-state index contributed by atoms with van der Waals surface area (Å²) in [4.78, 5) is 0. The maximum Gasteiger partial charge on any atom is 0.157 e. The first kappa shape index (κ1) is 14.9. The lowest BCUT2D eigenvalue weighted by atomic mass is 9.85. The number of hydrogen-bond donors (Lipinski definition) is 1. The molecular formula is C14H19Cl2NO2. The molecule has 0 saturated heterocycles. The molecule has 1 aromatic rings. The highest BCUT2D eigenvalue weighted by Crippen LogP contribution is 2.37. The first-order valence-corrected chi connectivity index (χ1v) is 7.29. The van der Waals surface area contributed by atoms with Gasteiger partial charge in [0.15, 0.2) is 5.75 Å². The Morgan fingerprint density at radius 1 is 1.32 bits per heavy atom. The van der Waals surface area contributed by atoms with Gasteiger partial charge in [-0.05, 0) is 25.1 Å². The number of halogens is 2. The van der Waals surface area contributed by atoms with Gasteiger partial charge in [0.25, 0.3) is 0 Å². The van der Waals surface area contributed by atoms with Crippen LogP contribution >= 0.6 is 23.2 Å². The molecule has 0 amide bonds. The largest absolute Gasteiger partial charge is 0.484 e. The van der Waals surface area contributed by atoms with E-state index >= 15 is 0 Å². The van der Waals surface area contributed by atoms with Gasteiger partial charge in [-0.2, -0.15) is 0 Å². The zero-order valence-corrected chi connectivity index (χ0v) is 12.7. The van der Waals surface area contributed by atoms with Gasteiger partial charge in [0, 0.05) is 19.6 Å². The van der Waals surface area contributed by atoms with Gasteiger partial charge < -0.3 is 14.8 Å². The van der Waals surface area contributed by atoms with Crippen molar-refractivity contribution < 1.29 is 9.47 Å². The van der Waals surface area contributed by atoms with Crippen molar-refractivity contribution in [1.29, 1.82) is 0 Å². The Morgan fingerprint density at radius 3 is 2.58 bits per heavy atom. The molecule has 0 heterocycles. The Balaban J connectivity index is 1.97. The van der Waals surface area contributed by atoms with Crippen LogP contribution in [0.1, 0.15) is 19.8 Å². The second-order valence-corrected chi connectivity index (χ2v) is 5.52. The quantitative estimate of drug-likeness (QED) is 0.872. The van der Waals surface area contributed by atoms with Crippen molar-refractivity contribution >= 4 is 23.2 Å². The van der Waals surface area contributed by atoms with Crippen LogP contribution in [0, 0.1) is 0 Å². The van der Waals surface area contributed by atoms with Crippen LogP contribution in [0.2, 0.25) is 10.0 Å². The summed E-state index contributed by atoms with van der Waals surface area (Å²) in [6.45, 7) is 3.13. The van der Waals surface area contributed by atoms with E-state index in [4.69, 9.17) is 32.7 Å². The molecule has 1 N–H and O–H groups in total.